The lowest BCUT2D eigenvalue weighted by Gasteiger charge is -1.88. The van der Waals surface area contributed by atoms with Crippen LogP contribution in [0.2, 0.25) is 0 Å². The molecule has 0 N–H and O–H groups in total. The third kappa shape index (κ3) is 1.03. The van der Waals surface area contributed by atoms with Gasteiger partial charge < -0.3 is 8.83 Å². The number of fused-ring (bicyclic) bond motifs is 7. The fourth-order valence-corrected chi connectivity index (χ4v) is 2.67. The van der Waals surface area contributed by atoms with Gasteiger partial charge in [-0.05, 0) is 24.3 Å². The molecular formula is C14H8N3O2+. The van der Waals surface area contributed by atoms with Gasteiger partial charge >= 0.3 is 11.6 Å². The summed E-state index contributed by atoms with van der Waals surface area (Å²) in [7, 11) is 0. The zero-order valence-electron chi connectivity index (χ0n) is 9.83. The van der Waals surface area contributed by atoms with Gasteiger partial charge in [-0.15, -0.1) is 4.57 Å². The van der Waals surface area contributed by atoms with Gasteiger partial charge in [0.05, 0.1) is 10.9 Å². The smallest absolute Gasteiger partial charge is 0.392 e. The van der Waals surface area contributed by atoms with Gasteiger partial charge in [-0.3, -0.25) is 0 Å². The van der Waals surface area contributed by atoms with Gasteiger partial charge in [-0.2, -0.15) is 0 Å². The maximum Gasteiger partial charge on any atom is 0.423 e. The second kappa shape index (κ2) is 3.00. The van der Waals surface area contributed by atoms with E-state index < -0.39 is 0 Å². The Morgan fingerprint density at radius 1 is 1.05 bits per heavy atom. The lowest BCUT2D eigenvalue weighted by atomic mass is 10.2. The van der Waals surface area contributed by atoms with Crippen LogP contribution in [-0.2, 0) is 6.54 Å². The summed E-state index contributed by atoms with van der Waals surface area (Å²) in [6, 6.07) is 7.81. The molecule has 1 aliphatic heterocycles. The SMILES string of the molecule is c1cnc2c(c1)C[n+]1c-2oc2c3cccnc3oc21. The van der Waals surface area contributed by atoms with E-state index >= 15 is 0 Å². The van der Waals surface area contributed by atoms with E-state index in [1.807, 2.05) is 22.8 Å². The van der Waals surface area contributed by atoms with Gasteiger partial charge in [0.2, 0.25) is 5.71 Å². The quantitative estimate of drug-likeness (QED) is 0.396. The summed E-state index contributed by atoms with van der Waals surface area (Å²) < 4.78 is 13.8. The van der Waals surface area contributed by atoms with E-state index in [1.165, 1.54) is 0 Å². The van der Waals surface area contributed by atoms with Crippen molar-refractivity contribution < 1.29 is 13.4 Å². The number of pyridine rings is 2. The first-order chi connectivity index (χ1) is 9.42. The highest BCUT2D eigenvalue weighted by molar-refractivity contribution is 5.97. The van der Waals surface area contributed by atoms with E-state index in [2.05, 4.69) is 16.0 Å². The Kier molecular flexibility index (Phi) is 1.46. The summed E-state index contributed by atoms with van der Waals surface area (Å²) in [5.41, 5.74) is 4.12. The zero-order chi connectivity index (χ0) is 12.4. The lowest BCUT2D eigenvalue weighted by molar-refractivity contribution is -0.655. The normalized spacial score (nSPS) is 13.1. The van der Waals surface area contributed by atoms with E-state index in [0.29, 0.717) is 5.71 Å². The highest BCUT2D eigenvalue weighted by Gasteiger charge is 2.38. The number of oxazole rings is 1. The number of furan rings is 1. The van der Waals surface area contributed by atoms with Crippen molar-refractivity contribution in [3.63, 3.8) is 0 Å². The number of nitrogens with zero attached hydrogens (tertiary/aromatic N) is 3. The van der Waals surface area contributed by atoms with Crippen LogP contribution in [0.25, 0.3) is 34.0 Å². The van der Waals surface area contributed by atoms with Gasteiger partial charge in [0, 0.05) is 12.4 Å². The predicted octanol–water partition coefficient (Wildman–Crippen LogP) is 2.29. The molecule has 19 heavy (non-hydrogen) atoms. The minimum atomic E-state index is 0.607. The van der Waals surface area contributed by atoms with Gasteiger partial charge in [-0.1, -0.05) is 0 Å². The highest BCUT2D eigenvalue weighted by atomic mass is 16.4. The van der Waals surface area contributed by atoms with Crippen molar-refractivity contribution in [2.45, 2.75) is 6.54 Å². The summed E-state index contributed by atoms with van der Waals surface area (Å²) in [6.45, 7) is 0.728. The van der Waals surface area contributed by atoms with Gasteiger partial charge in [-0.25, -0.2) is 9.97 Å². The summed E-state index contributed by atoms with van der Waals surface area (Å²) in [5, 5.41) is 0.900. The third-order valence-corrected chi connectivity index (χ3v) is 3.51. The number of hydrogen-bond donors (Lipinski definition) is 0. The summed E-state index contributed by atoms with van der Waals surface area (Å²) in [5.74, 6) is 0.759. The molecule has 0 saturated carbocycles. The van der Waals surface area contributed by atoms with Gasteiger partial charge in [0.15, 0.2) is 12.2 Å². The average Bonchev–Trinajstić information content (AvgIpc) is 3.07. The molecule has 0 aliphatic carbocycles. The second-order valence-electron chi connectivity index (χ2n) is 4.60. The summed E-state index contributed by atoms with van der Waals surface area (Å²) in [6.07, 6.45) is 3.49. The van der Waals surface area contributed by atoms with E-state index in [9.17, 15) is 0 Å². The van der Waals surface area contributed by atoms with E-state index in [-0.39, 0.29) is 0 Å². The number of aromatic nitrogens is 3. The van der Waals surface area contributed by atoms with Crippen LogP contribution in [0, 0.1) is 0 Å². The van der Waals surface area contributed by atoms with E-state index in [1.54, 1.807) is 12.4 Å². The van der Waals surface area contributed by atoms with Crippen LogP contribution in [0.3, 0.4) is 0 Å². The Labute approximate surface area is 107 Å². The molecule has 0 saturated heterocycles. The Balaban J connectivity index is 1.93. The molecule has 0 unspecified atom stereocenters. The fraction of sp³-hybridized carbons (Fsp3) is 0.0714. The molecule has 1 aliphatic rings. The first kappa shape index (κ1) is 9.27. The first-order valence-electron chi connectivity index (χ1n) is 6.06. The van der Waals surface area contributed by atoms with Crippen molar-refractivity contribution in [1.82, 2.24) is 9.97 Å². The molecule has 0 radical (unpaired) electrons. The van der Waals surface area contributed by atoms with Crippen LogP contribution in [0.4, 0.5) is 0 Å². The van der Waals surface area contributed by atoms with Crippen LogP contribution < -0.4 is 4.57 Å². The largest absolute Gasteiger partial charge is 0.423 e. The lowest BCUT2D eigenvalue weighted by Crippen LogP contribution is -2.30. The topological polar surface area (TPSA) is 55.9 Å². The molecule has 5 rings (SSSR count). The molecule has 0 atom stereocenters. The molecule has 4 aromatic heterocycles. The molecule has 0 fully saturated rings. The van der Waals surface area contributed by atoms with Crippen molar-refractivity contribution in [3.8, 4) is 11.6 Å². The van der Waals surface area contributed by atoms with Crippen molar-refractivity contribution in [2.24, 2.45) is 0 Å². The molecule has 0 aromatic carbocycles. The van der Waals surface area contributed by atoms with Crippen molar-refractivity contribution in [3.05, 3.63) is 42.2 Å². The fourth-order valence-electron chi connectivity index (χ4n) is 2.67. The monoisotopic (exact) mass is 250 g/mol. The Morgan fingerprint density at radius 2 is 1.95 bits per heavy atom. The van der Waals surface area contributed by atoms with Crippen LogP contribution in [0.15, 0.2) is 45.5 Å². The number of hydrogen-bond acceptors (Lipinski definition) is 4. The predicted molar refractivity (Wildman–Crippen MR) is 66.3 cm³/mol. The molecule has 0 bridgehead atoms. The molecular weight excluding hydrogens is 242 g/mol. The molecule has 5 heterocycles. The summed E-state index contributed by atoms with van der Waals surface area (Å²) >= 11 is 0. The molecule has 5 heteroatoms. The van der Waals surface area contributed by atoms with Gasteiger partial charge in [0.25, 0.3) is 5.58 Å². The Bertz CT molecular complexity index is 952. The third-order valence-electron chi connectivity index (χ3n) is 3.51. The van der Waals surface area contributed by atoms with Crippen LogP contribution in [-0.4, -0.2) is 9.97 Å². The highest BCUT2D eigenvalue weighted by Crippen LogP contribution is 2.33. The molecule has 4 aromatic rings. The summed E-state index contributed by atoms with van der Waals surface area (Å²) in [4.78, 5) is 8.59. The number of rotatable bonds is 0. The van der Waals surface area contributed by atoms with Gasteiger partial charge in [0.1, 0.15) is 0 Å². The van der Waals surface area contributed by atoms with E-state index in [4.69, 9.17) is 8.83 Å². The molecule has 0 spiro atoms. The van der Waals surface area contributed by atoms with Crippen LogP contribution >= 0.6 is 0 Å². The molecule has 90 valence electrons. The Hall–Kier alpha value is -2.69. The standard InChI is InChI=1S/C14H8N3O2/c1-3-8-7-17-13(10(8)15-5-1)18-11-9-4-2-6-16-12(9)19-14(11)17/h1-6H,7H2/q+1. The van der Waals surface area contributed by atoms with Crippen molar-refractivity contribution >= 4 is 22.4 Å². The second-order valence-corrected chi connectivity index (χ2v) is 4.60. The maximum absolute atomic E-state index is 5.96. The Morgan fingerprint density at radius 3 is 2.95 bits per heavy atom. The van der Waals surface area contributed by atoms with Crippen LogP contribution in [0.5, 0.6) is 0 Å². The molecule has 5 nitrogen and oxygen atoms in total. The van der Waals surface area contributed by atoms with E-state index in [0.717, 1.165) is 40.4 Å². The molecule has 0 amide bonds. The minimum Gasteiger partial charge on any atom is -0.392 e. The average molecular weight is 250 g/mol. The maximum atomic E-state index is 5.96. The van der Waals surface area contributed by atoms with Crippen molar-refractivity contribution in [1.29, 1.82) is 0 Å². The van der Waals surface area contributed by atoms with Crippen LogP contribution in [0.1, 0.15) is 5.56 Å². The minimum absolute atomic E-state index is 0.607. The van der Waals surface area contributed by atoms with Crippen molar-refractivity contribution in [2.75, 3.05) is 0 Å². The first-order valence-corrected chi connectivity index (χ1v) is 6.06. The zero-order valence-corrected chi connectivity index (χ0v) is 9.83.